The maximum absolute atomic E-state index is 11.9. The Hall–Kier alpha value is -2.34. The Bertz CT molecular complexity index is 677. The van der Waals surface area contributed by atoms with Gasteiger partial charge in [0.15, 0.2) is 0 Å². The summed E-state index contributed by atoms with van der Waals surface area (Å²) >= 11 is 6.07. The normalized spacial score (nSPS) is 10.3. The van der Waals surface area contributed by atoms with E-state index in [9.17, 15) is 4.79 Å². The molecule has 2 N–H and O–H groups in total. The van der Waals surface area contributed by atoms with E-state index < -0.39 is 0 Å². The molecule has 6 nitrogen and oxygen atoms in total. The van der Waals surface area contributed by atoms with Crippen molar-refractivity contribution < 1.29 is 9.53 Å². The van der Waals surface area contributed by atoms with E-state index in [0.717, 1.165) is 24.9 Å². The molecule has 0 atom stereocenters. The number of unbranched alkanes of at least 4 members (excludes halogenated alkanes) is 2. The van der Waals surface area contributed by atoms with Gasteiger partial charge in [-0.15, -0.1) is 0 Å². The van der Waals surface area contributed by atoms with Crippen LogP contribution in [0, 0.1) is 0 Å². The molecule has 1 heterocycles. The quantitative estimate of drug-likeness (QED) is 0.709. The molecule has 0 aliphatic heterocycles. The maximum atomic E-state index is 11.9. The summed E-state index contributed by atoms with van der Waals surface area (Å²) in [7, 11) is 1.56. The first kappa shape index (κ1) is 18.0. The van der Waals surface area contributed by atoms with Crippen LogP contribution in [0.25, 0.3) is 0 Å². The molecule has 2 rings (SSSR count). The zero-order valence-corrected chi connectivity index (χ0v) is 14.6. The monoisotopic (exact) mass is 348 g/mol. The molecule has 0 aliphatic rings. The smallest absolute Gasteiger partial charge is 0.254 e. The van der Waals surface area contributed by atoms with Gasteiger partial charge >= 0.3 is 0 Å². The summed E-state index contributed by atoms with van der Waals surface area (Å²) in [6, 6.07) is 5.28. The number of amides is 1. The third-order valence-corrected chi connectivity index (χ3v) is 3.68. The number of methoxy groups -OCH3 is 1. The van der Waals surface area contributed by atoms with Crippen molar-refractivity contribution in [3.8, 4) is 5.75 Å². The van der Waals surface area contributed by atoms with Crippen molar-refractivity contribution in [1.29, 1.82) is 0 Å². The Morgan fingerprint density at radius 3 is 2.62 bits per heavy atom. The van der Waals surface area contributed by atoms with Gasteiger partial charge in [-0.1, -0.05) is 31.4 Å². The number of benzene rings is 1. The molecule has 0 radical (unpaired) electrons. The topological polar surface area (TPSA) is 76.1 Å². The van der Waals surface area contributed by atoms with Gasteiger partial charge in [0, 0.05) is 24.6 Å². The number of carbonyl (C=O) groups is 1. The van der Waals surface area contributed by atoms with E-state index in [0.29, 0.717) is 28.8 Å². The standard InChI is InChI=1S/C17H21ClN4O2/c1-3-4-5-8-19-16(23)12-10-20-17(21-11-12)22-13-6-7-15(24-2)14(18)9-13/h6-7,9-11H,3-5,8H2,1-2H3,(H,19,23)(H,20,21,22). The lowest BCUT2D eigenvalue weighted by atomic mass is 10.2. The van der Waals surface area contributed by atoms with Crippen LogP contribution in [0.15, 0.2) is 30.6 Å². The fraction of sp³-hybridized carbons (Fsp3) is 0.353. The summed E-state index contributed by atoms with van der Waals surface area (Å²) in [6.45, 7) is 2.79. The fourth-order valence-corrected chi connectivity index (χ4v) is 2.32. The van der Waals surface area contributed by atoms with Crippen LogP contribution in [-0.2, 0) is 0 Å². The number of rotatable bonds is 8. The highest BCUT2D eigenvalue weighted by atomic mass is 35.5. The van der Waals surface area contributed by atoms with Gasteiger partial charge < -0.3 is 15.4 Å². The van der Waals surface area contributed by atoms with Crippen molar-refractivity contribution in [2.24, 2.45) is 0 Å². The van der Waals surface area contributed by atoms with Crippen LogP contribution in [0.2, 0.25) is 5.02 Å². The van der Waals surface area contributed by atoms with E-state index in [1.165, 1.54) is 12.4 Å². The summed E-state index contributed by atoms with van der Waals surface area (Å²) < 4.78 is 5.10. The fourth-order valence-electron chi connectivity index (χ4n) is 2.06. The molecular weight excluding hydrogens is 328 g/mol. The van der Waals surface area contributed by atoms with E-state index in [-0.39, 0.29) is 5.91 Å². The first-order valence-corrected chi connectivity index (χ1v) is 8.22. The summed E-state index contributed by atoms with van der Waals surface area (Å²) in [6.07, 6.45) is 6.19. The molecule has 0 fully saturated rings. The lowest BCUT2D eigenvalue weighted by Gasteiger charge is -2.08. The van der Waals surface area contributed by atoms with Crippen LogP contribution in [0.4, 0.5) is 11.6 Å². The van der Waals surface area contributed by atoms with E-state index in [1.807, 2.05) is 6.07 Å². The molecule has 7 heteroatoms. The minimum Gasteiger partial charge on any atom is -0.495 e. The van der Waals surface area contributed by atoms with Gasteiger partial charge in [0.25, 0.3) is 5.91 Å². The molecule has 2 aromatic rings. The van der Waals surface area contributed by atoms with E-state index in [2.05, 4.69) is 27.5 Å². The van der Waals surface area contributed by atoms with Crippen LogP contribution >= 0.6 is 11.6 Å². The largest absolute Gasteiger partial charge is 0.495 e. The number of anilines is 2. The molecular formula is C17H21ClN4O2. The number of halogens is 1. The lowest BCUT2D eigenvalue weighted by molar-refractivity contribution is 0.0952. The number of hydrogen-bond donors (Lipinski definition) is 2. The highest BCUT2D eigenvalue weighted by Gasteiger charge is 2.07. The Morgan fingerprint density at radius 2 is 2.00 bits per heavy atom. The Labute approximate surface area is 146 Å². The van der Waals surface area contributed by atoms with Gasteiger partial charge in [-0.25, -0.2) is 9.97 Å². The number of ether oxygens (including phenoxy) is 1. The van der Waals surface area contributed by atoms with E-state index in [1.54, 1.807) is 19.2 Å². The van der Waals surface area contributed by atoms with Crippen molar-refractivity contribution in [2.75, 3.05) is 19.0 Å². The van der Waals surface area contributed by atoms with Gasteiger partial charge in [-0.05, 0) is 24.6 Å². The highest BCUT2D eigenvalue weighted by molar-refractivity contribution is 6.32. The number of nitrogens with one attached hydrogen (secondary N) is 2. The van der Waals surface area contributed by atoms with Gasteiger partial charge in [0.1, 0.15) is 5.75 Å². The molecule has 0 saturated heterocycles. The van der Waals surface area contributed by atoms with Crippen molar-refractivity contribution in [3.63, 3.8) is 0 Å². The van der Waals surface area contributed by atoms with Crippen molar-refractivity contribution >= 4 is 29.1 Å². The number of carbonyl (C=O) groups excluding carboxylic acids is 1. The first-order valence-electron chi connectivity index (χ1n) is 7.85. The second-order valence-electron chi connectivity index (χ2n) is 5.23. The molecule has 1 aromatic carbocycles. The second kappa shape index (κ2) is 9.08. The van der Waals surface area contributed by atoms with Gasteiger partial charge in [0.2, 0.25) is 5.95 Å². The summed E-state index contributed by atoms with van der Waals surface area (Å²) in [4.78, 5) is 20.3. The number of hydrogen-bond acceptors (Lipinski definition) is 5. The Balaban J connectivity index is 1.94. The van der Waals surface area contributed by atoms with Crippen molar-refractivity contribution in [3.05, 3.63) is 41.2 Å². The molecule has 0 aliphatic carbocycles. The average Bonchev–Trinajstić information content (AvgIpc) is 2.59. The molecule has 0 unspecified atom stereocenters. The highest BCUT2D eigenvalue weighted by Crippen LogP contribution is 2.28. The molecule has 128 valence electrons. The average molecular weight is 349 g/mol. The third-order valence-electron chi connectivity index (χ3n) is 3.39. The minimum absolute atomic E-state index is 0.162. The van der Waals surface area contributed by atoms with Crippen molar-refractivity contribution in [1.82, 2.24) is 15.3 Å². The Kier molecular flexibility index (Phi) is 6.81. The van der Waals surface area contributed by atoms with Crippen LogP contribution in [-0.4, -0.2) is 29.5 Å². The van der Waals surface area contributed by atoms with Crippen LogP contribution < -0.4 is 15.4 Å². The van der Waals surface area contributed by atoms with Gasteiger partial charge in [-0.2, -0.15) is 0 Å². The predicted octanol–water partition coefficient (Wildman–Crippen LogP) is 3.80. The van der Waals surface area contributed by atoms with Gasteiger partial charge in [0.05, 0.1) is 17.7 Å². The van der Waals surface area contributed by atoms with Crippen LogP contribution in [0.5, 0.6) is 5.75 Å². The zero-order valence-electron chi connectivity index (χ0n) is 13.8. The predicted molar refractivity (Wildman–Crippen MR) is 95.2 cm³/mol. The molecule has 1 aromatic heterocycles. The van der Waals surface area contributed by atoms with Crippen LogP contribution in [0.3, 0.4) is 0 Å². The molecule has 24 heavy (non-hydrogen) atoms. The number of nitrogens with zero attached hydrogens (tertiary/aromatic N) is 2. The third kappa shape index (κ3) is 5.09. The summed E-state index contributed by atoms with van der Waals surface area (Å²) in [5.41, 5.74) is 1.17. The molecule has 1 amide bonds. The maximum Gasteiger partial charge on any atom is 0.254 e. The zero-order chi connectivity index (χ0) is 17.4. The minimum atomic E-state index is -0.162. The molecule has 0 bridgehead atoms. The molecule has 0 spiro atoms. The number of aromatic nitrogens is 2. The first-order chi connectivity index (χ1) is 11.6. The van der Waals surface area contributed by atoms with Crippen molar-refractivity contribution in [2.45, 2.75) is 26.2 Å². The lowest BCUT2D eigenvalue weighted by Crippen LogP contribution is -2.24. The van der Waals surface area contributed by atoms with E-state index in [4.69, 9.17) is 16.3 Å². The van der Waals surface area contributed by atoms with Crippen LogP contribution in [0.1, 0.15) is 36.5 Å². The summed E-state index contributed by atoms with van der Waals surface area (Å²) in [5, 5.41) is 6.37. The SMILES string of the molecule is CCCCCNC(=O)c1cnc(Nc2ccc(OC)c(Cl)c2)nc1. The molecule has 0 saturated carbocycles. The van der Waals surface area contributed by atoms with E-state index >= 15 is 0 Å². The summed E-state index contributed by atoms with van der Waals surface area (Å²) in [5.74, 6) is 0.821. The second-order valence-corrected chi connectivity index (χ2v) is 5.64. The van der Waals surface area contributed by atoms with Gasteiger partial charge in [-0.3, -0.25) is 4.79 Å². The Morgan fingerprint density at radius 1 is 1.25 bits per heavy atom.